The first-order valence-corrected chi connectivity index (χ1v) is 22.8. The van der Waals surface area contributed by atoms with E-state index in [4.69, 9.17) is 19.2 Å². The second kappa shape index (κ2) is 28.5. The van der Waals surface area contributed by atoms with E-state index in [0.29, 0.717) is 99.9 Å². The van der Waals surface area contributed by atoms with Crippen molar-refractivity contribution in [2.75, 3.05) is 108 Å². The number of amides is 3. The van der Waals surface area contributed by atoms with Crippen LogP contribution in [0.5, 0.6) is 0 Å². The SMILES string of the molecule is C/C=C\c1cnc(NC2CCN(SCCCNCCOCCOCCOCCNc3cccc(C=O)c3C(=O)N(C)C(C)CCC(=O)NC)CC2)nc1N(C=O)C1CCCC1. The summed E-state index contributed by atoms with van der Waals surface area (Å²) in [5.41, 5.74) is 2.04. The maximum absolute atomic E-state index is 13.4. The second-order valence-electron chi connectivity index (χ2n) is 15.3. The molecule has 1 atom stereocenters. The number of carbonyl (C=O) groups excluding carboxylic acids is 4. The number of hydrogen-bond donors (Lipinski definition) is 4. The number of carbonyl (C=O) groups is 4. The van der Waals surface area contributed by atoms with E-state index in [1.807, 2.05) is 44.1 Å². The third kappa shape index (κ3) is 16.9. The van der Waals surface area contributed by atoms with Crippen LogP contribution in [-0.4, -0.2) is 154 Å². The van der Waals surface area contributed by atoms with E-state index in [1.165, 1.54) is 0 Å². The summed E-state index contributed by atoms with van der Waals surface area (Å²) in [5.74, 6) is 1.98. The number of hydrogen-bond acceptors (Lipinski definition) is 14. The molecule has 2 aromatic rings. The lowest BCUT2D eigenvalue weighted by molar-refractivity contribution is -0.120. The summed E-state index contributed by atoms with van der Waals surface area (Å²) in [6.07, 6.45) is 15.6. The van der Waals surface area contributed by atoms with Crippen LogP contribution in [0.25, 0.3) is 6.08 Å². The predicted molar refractivity (Wildman–Crippen MR) is 243 cm³/mol. The van der Waals surface area contributed by atoms with Gasteiger partial charge in [0.1, 0.15) is 5.82 Å². The van der Waals surface area contributed by atoms with Crippen LogP contribution in [0.15, 0.2) is 30.5 Å². The molecule has 2 heterocycles. The van der Waals surface area contributed by atoms with Crippen LogP contribution in [0.4, 0.5) is 17.5 Å². The number of aromatic nitrogens is 2. The molecule has 0 bridgehead atoms. The molecule has 2 fully saturated rings. The molecule has 4 N–H and O–H groups in total. The molecule has 1 aliphatic carbocycles. The second-order valence-corrected chi connectivity index (χ2v) is 16.5. The van der Waals surface area contributed by atoms with Crippen molar-refractivity contribution in [2.24, 2.45) is 0 Å². The average Bonchev–Trinajstić information content (AvgIpc) is 3.82. The summed E-state index contributed by atoms with van der Waals surface area (Å²) in [7, 11) is 3.27. The van der Waals surface area contributed by atoms with Gasteiger partial charge in [-0.3, -0.25) is 28.4 Å². The minimum Gasteiger partial charge on any atom is -0.382 e. The molecule has 17 heteroatoms. The van der Waals surface area contributed by atoms with Gasteiger partial charge in [-0.25, -0.2) is 4.98 Å². The Hall–Kier alpha value is -4.13. The summed E-state index contributed by atoms with van der Waals surface area (Å²) in [6.45, 7) is 10.9. The van der Waals surface area contributed by atoms with Gasteiger partial charge in [0.25, 0.3) is 5.91 Å². The van der Waals surface area contributed by atoms with Gasteiger partial charge < -0.3 is 40.4 Å². The molecular formula is C44H69N9O7S. The standard InChI is InChI=1S/C44H69N9O7S/c1-5-10-35-31-48-44(50-42(35)53(33-55)38-12-6-7-13-38)49-37-17-22-52(23-18-37)61-30-9-19-46-20-24-58-26-28-60-29-27-59-25-21-47-39-14-8-11-36(32-54)41(39)43(57)51(4)34(2)15-16-40(56)45-3/h5,8,10-11,14,31-34,37-38,46-47H,6-7,9,12-13,15-30H2,1-4H3,(H,45,56)(H,48,49,50)/b10-5-. The summed E-state index contributed by atoms with van der Waals surface area (Å²) in [6, 6.07) is 5.44. The van der Waals surface area contributed by atoms with Gasteiger partial charge in [0, 0.05) is 93.6 Å². The highest BCUT2D eigenvalue weighted by Gasteiger charge is 2.27. The van der Waals surface area contributed by atoms with Crippen molar-refractivity contribution in [3.05, 3.63) is 47.2 Å². The highest BCUT2D eigenvalue weighted by molar-refractivity contribution is 7.97. The van der Waals surface area contributed by atoms with Crippen molar-refractivity contribution < 1.29 is 33.4 Å². The van der Waals surface area contributed by atoms with E-state index >= 15 is 0 Å². The third-order valence-electron chi connectivity index (χ3n) is 11.0. The molecular weight excluding hydrogens is 799 g/mol. The molecule has 0 spiro atoms. The largest absolute Gasteiger partial charge is 0.382 e. The predicted octanol–water partition coefficient (Wildman–Crippen LogP) is 4.88. The van der Waals surface area contributed by atoms with Crippen molar-refractivity contribution in [3.8, 4) is 0 Å². The van der Waals surface area contributed by atoms with Crippen molar-refractivity contribution in [3.63, 3.8) is 0 Å². The van der Waals surface area contributed by atoms with E-state index in [1.54, 1.807) is 42.1 Å². The van der Waals surface area contributed by atoms with Gasteiger partial charge in [-0.2, -0.15) is 4.98 Å². The van der Waals surface area contributed by atoms with E-state index in [9.17, 15) is 19.2 Å². The number of aldehydes is 1. The van der Waals surface area contributed by atoms with Crippen LogP contribution in [0, 0.1) is 0 Å². The number of rotatable bonds is 30. The van der Waals surface area contributed by atoms with E-state index in [0.717, 1.165) is 88.9 Å². The molecule has 4 rings (SSSR count). The van der Waals surface area contributed by atoms with E-state index in [-0.39, 0.29) is 23.9 Å². The van der Waals surface area contributed by atoms with Gasteiger partial charge in [0.05, 0.1) is 45.2 Å². The fourth-order valence-corrected chi connectivity index (χ4v) is 8.31. The quantitative estimate of drug-likeness (QED) is 0.0474. The Morgan fingerprint density at radius 3 is 2.34 bits per heavy atom. The van der Waals surface area contributed by atoms with Crippen LogP contribution < -0.4 is 26.2 Å². The van der Waals surface area contributed by atoms with Gasteiger partial charge in [-0.05, 0) is 65.0 Å². The van der Waals surface area contributed by atoms with Gasteiger partial charge >= 0.3 is 0 Å². The van der Waals surface area contributed by atoms with E-state index in [2.05, 4.69) is 30.6 Å². The Balaban J connectivity index is 0.974. The zero-order chi connectivity index (χ0) is 43.7. The highest BCUT2D eigenvalue weighted by atomic mass is 32.2. The molecule has 1 aliphatic heterocycles. The molecule has 0 radical (unpaired) electrons. The first kappa shape index (κ1) is 49.5. The van der Waals surface area contributed by atoms with E-state index < -0.39 is 0 Å². The summed E-state index contributed by atoms with van der Waals surface area (Å²) in [4.78, 5) is 61.7. The first-order chi connectivity index (χ1) is 29.8. The molecule has 3 amide bonds. The third-order valence-corrected chi connectivity index (χ3v) is 12.2. The number of ether oxygens (including phenoxy) is 3. The van der Waals surface area contributed by atoms with Crippen molar-refractivity contribution >= 4 is 60.0 Å². The van der Waals surface area contributed by atoms with Crippen molar-refractivity contribution in [1.82, 2.24) is 29.8 Å². The molecule has 1 unspecified atom stereocenters. The lowest BCUT2D eigenvalue weighted by Gasteiger charge is -2.31. The Bertz CT molecular complexity index is 1660. The van der Waals surface area contributed by atoms with Crippen LogP contribution >= 0.6 is 11.9 Å². The number of allylic oxidation sites excluding steroid dienone is 1. The summed E-state index contributed by atoms with van der Waals surface area (Å²) in [5, 5.41) is 12.8. The number of benzene rings is 1. The van der Waals surface area contributed by atoms with Gasteiger partial charge in [-0.1, -0.05) is 49.1 Å². The normalized spacial score (nSPS) is 15.5. The Morgan fingerprint density at radius 2 is 1.67 bits per heavy atom. The number of anilines is 3. The molecule has 61 heavy (non-hydrogen) atoms. The average molecular weight is 868 g/mol. The lowest BCUT2D eigenvalue weighted by atomic mass is 10.0. The smallest absolute Gasteiger partial charge is 0.256 e. The number of nitrogens with one attached hydrogen (secondary N) is 4. The van der Waals surface area contributed by atoms with Gasteiger partial charge in [-0.15, -0.1) is 0 Å². The fourth-order valence-electron chi connectivity index (χ4n) is 7.31. The Kier molecular flexibility index (Phi) is 23.1. The van der Waals surface area contributed by atoms with Gasteiger partial charge in [0.2, 0.25) is 18.3 Å². The maximum atomic E-state index is 13.4. The minimum absolute atomic E-state index is 0.0836. The molecule has 1 saturated carbocycles. The molecule has 1 aromatic heterocycles. The van der Waals surface area contributed by atoms with Crippen LogP contribution in [-0.2, 0) is 23.8 Å². The summed E-state index contributed by atoms with van der Waals surface area (Å²) >= 11 is 1.91. The molecule has 1 saturated heterocycles. The topological polar surface area (TPSA) is 180 Å². The van der Waals surface area contributed by atoms with Crippen molar-refractivity contribution in [2.45, 2.75) is 89.8 Å². The Labute approximate surface area is 366 Å². The Morgan fingerprint density at radius 1 is 0.967 bits per heavy atom. The van der Waals surface area contributed by atoms with Crippen LogP contribution in [0.3, 0.4) is 0 Å². The molecule has 2 aliphatic rings. The zero-order valence-electron chi connectivity index (χ0n) is 36.7. The zero-order valence-corrected chi connectivity index (χ0v) is 37.5. The monoisotopic (exact) mass is 868 g/mol. The highest BCUT2D eigenvalue weighted by Crippen LogP contribution is 2.30. The number of nitrogens with zero attached hydrogens (tertiary/aromatic N) is 5. The minimum atomic E-state index is -0.285. The lowest BCUT2D eigenvalue weighted by Crippen LogP contribution is -2.37. The first-order valence-electron chi connectivity index (χ1n) is 21.9. The number of piperidine rings is 1. The molecule has 1 aromatic carbocycles. The maximum Gasteiger partial charge on any atom is 0.256 e. The van der Waals surface area contributed by atoms with Crippen LogP contribution in [0.1, 0.15) is 97.9 Å². The fraction of sp³-hybridized carbons (Fsp3) is 0.636. The van der Waals surface area contributed by atoms with Gasteiger partial charge in [0.15, 0.2) is 6.29 Å². The molecule has 338 valence electrons. The summed E-state index contributed by atoms with van der Waals surface area (Å²) < 4.78 is 19.5. The molecule has 16 nitrogen and oxygen atoms in total. The van der Waals surface area contributed by atoms with Crippen molar-refractivity contribution in [1.29, 1.82) is 0 Å². The van der Waals surface area contributed by atoms with Crippen LogP contribution in [0.2, 0.25) is 0 Å².